The second kappa shape index (κ2) is 10.5. The number of fused-ring (bicyclic) bond motifs is 1. The summed E-state index contributed by atoms with van der Waals surface area (Å²) in [5.74, 6) is 1.33. The number of nitriles is 1. The third-order valence-corrected chi connectivity index (χ3v) is 8.29. The van der Waals surface area contributed by atoms with Crippen LogP contribution < -0.4 is 10.1 Å². The highest BCUT2D eigenvalue weighted by Crippen LogP contribution is 2.29. The van der Waals surface area contributed by atoms with E-state index in [1.807, 2.05) is 54.6 Å². The summed E-state index contributed by atoms with van der Waals surface area (Å²) in [5, 5.41) is 12.6. The van der Waals surface area contributed by atoms with Crippen LogP contribution in [0.5, 0.6) is 5.75 Å². The first-order chi connectivity index (χ1) is 18.0. The predicted molar refractivity (Wildman–Crippen MR) is 140 cm³/mol. The van der Waals surface area contributed by atoms with Gasteiger partial charge in [-0.2, -0.15) is 14.6 Å². The molecule has 4 aromatic rings. The van der Waals surface area contributed by atoms with Crippen molar-refractivity contribution < 1.29 is 17.6 Å². The lowest BCUT2D eigenvalue weighted by molar-refractivity contribution is 0.391. The Balaban J connectivity index is 1.27. The van der Waals surface area contributed by atoms with Gasteiger partial charge in [-0.15, -0.1) is 0 Å². The molecule has 1 aliphatic rings. The Labute approximate surface area is 216 Å². The number of methoxy groups -OCH3 is 1. The van der Waals surface area contributed by atoms with Gasteiger partial charge in [0.25, 0.3) is 0 Å². The Morgan fingerprint density at radius 3 is 2.49 bits per heavy atom. The molecule has 0 radical (unpaired) electrons. The molecule has 8 nitrogen and oxygen atoms in total. The van der Waals surface area contributed by atoms with Crippen molar-refractivity contribution in [3.05, 3.63) is 95.2 Å². The molecule has 0 atom stereocenters. The molecule has 0 aliphatic carbocycles. The fourth-order valence-electron chi connectivity index (χ4n) is 4.35. The number of nitrogens with zero attached hydrogens (tertiary/aromatic N) is 3. The van der Waals surface area contributed by atoms with E-state index in [0.717, 1.165) is 23.3 Å². The Morgan fingerprint density at radius 1 is 1.05 bits per heavy atom. The Kier molecular flexibility index (Phi) is 6.95. The molecule has 37 heavy (non-hydrogen) atoms. The number of sulfonamides is 1. The summed E-state index contributed by atoms with van der Waals surface area (Å²) in [7, 11) is -2.02. The molecular formula is C28H26N4O4S. The molecule has 0 bridgehead atoms. The Bertz CT molecular complexity index is 1540. The molecule has 1 aliphatic heterocycles. The molecule has 0 amide bonds. The van der Waals surface area contributed by atoms with E-state index in [-0.39, 0.29) is 22.4 Å². The van der Waals surface area contributed by atoms with Crippen molar-refractivity contribution in [2.24, 2.45) is 0 Å². The van der Waals surface area contributed by atoms with Crippen molar-refractivity contribution in [1.29, 1.82) is 5.26 Å². The van der Waals surface area contributed by atoms with Crippen LogP contribution in [-0.4, -0.2) is 37.9 Å². The lowest BCUT2D eigenvalue weighted by Gasteiger charge is -2.28. The van der Waals surface area contributed by atoms with Gasteiger partial charge in [-0.25, -0.2) is 8.42 Å². The average Bonchev–Trinajstić information content (AvgIpc) is 3.36. The van der Waals surface area contributed by atoms with Crippen LogP contribution in [0.3, 0.4) is 0 Å². The van der Waals surface area contributed by atoms with Crippen molar-refractivity contribution in [1.82, 2.24) is 9.29 Å². The van der Waals surface area contributed by atoms with E-state index in [2.05, 4.69) is 10.3 Å². The van der Waals surface area contributed by atoms with Gasteiger partial charge in [0.1, 0.15) is 11.8 Å². The summed E-state index contributed by atoms with van der Waals surface area (Å²) in [6.07, 6.45) is 1.41. The molecule has 188 valence electrons. The van der Waals surface area contributed by atoms with Gasteiger partial charge in [-0.05, 0) is 65.9 Å². The Hall–Kier alpha value is -4.13. The molecule has 0 fully saturated rings. The monoisotopic (exact) mass is 514 g/mol. The van der Waals surface area contributed by atoms with Gasteiger partial charge in [-0.3, -0.25) is 0 Å². The van der Waals surface area contributed by atoms with Crippen LogP contribution in [0.2, 0.25) is 0 Å². The maximum Gasteiger partial charge on any atom is 0.243 e. The summed E-state index contributed by atoms with van der Waals surface area (Å²) in [6.45, 7) is 1.35. The lowest BCUT2D eigenvalue weighted by Crippen LogP contribution is -2.35. The van der Waals surface area contributed by atoms with Crippen LogP contribution in [0.4, 0.5) is 5.88 Å². The normalized spacial score (nSPS) is 13.5. The number of rotatable bonds is 8. The van der Waals surface area contributed by atoms with Crippen LogP contribution in [0, 0.1) is 11.3 Å². The minimum atomic E-state index is -3.64. The van der Waals surface area contributed by atoms with Crippen molar-refractivity contribution in [3.63, 3.8) is 0 Å². The molecule has 1 N–H and O–H groups in total. The highest BCUT2D eigenvalue weighted by atomic mass is 32.2. The highest BCUT2D eigenvalue weighted by molar-refractivity contribution is 7.89. The number of ether oxygens (including phenoxy) is 1. The minimum absolute atomic E-state index is 0.147. The van der Waals surface area contributed by atoms with Crippen LogP contribution in [0.15, 0.2) is 82.1 Å². The third kappa shape index (κ3) is 5.21. The van der Waals surface area contributed by atoms with Crippen molar-refractivity contribution in [2.75, 3.05) is 25.5 Å². The quantitative estimate of drug-likeness (QED) is 0.365. The smallest absolute Gasteiger partial charge is 0.243 e. The third-order valence-electron chi connectivity index (χ3n) is 6.43. The van der Waals surface area contributed by atoms with Gasteiger partial charge in [0.2, 0.25) is 27.5 Å². The van der Waals surface area contributed by atoms with E-state index in [1.165, 1.54) is 9.87 Å². The van der Waals surface area contributed by atoms with Gasteiger partial charge < -0.3 is 14.5 Å². The van der Waals surface area contributed by atoms with Crippen LogP contribution in [0.25, 0.3) is 11.5 Å². The number of hydrogen-bond donors (Lipinski definition) is 1. The fourth-order valence-corrected chi connectivity index (χ4v) is 5.76. The molecular weight excluding hydrogens is 488 g/mol. The fraction of sp³-hybridized carbons (Fsp3) is 0.214. The standard InChI is InChI=1S/C28H26N4O4S/c1-35-24-10-6-20(7-11-24)14-16-30-28-26(18-29)31-27(36-28)22-8-12-25(13-9-22)37(33,34)32-17-15-21-4-2-3-5-23(21)19-32/h2-13,30H,14-17,19H2,1H3. The largest absolute Gasteiger partial charge is 0.497 e. The summed E-state index contributed by atoms with van der Waals surface area (Å²) >= 11 is 0. The summed E-state index contributed by atoms with van der Waals surface area (Å²) in [5.41, 5.74) is 4.07. The molecule has 3 aromatic carbocycles. The van der Waals surface area contributed by atoms with E-state index < -0.39 is 10.0 Å². The van der Waals surface area contributed by atoms with Gasteiger partial charge in [-0.1, -0.05) is 36.4 Å². The van der Waals surface area contributed by atoms with E-state index in [1.54, 1.807) is 31.4 Å². The van der Waals surface area contributed by atoms with E-state index >= 15 is 0 Å². The molecule has 5 rings (SSSR count). The predicted octanol–water partition coefficient (Wildman–Crippen LogP) is 4.62. The van der Waals surface area contributed by atoms with E-state index in [4.69, 9.17) is 9.15 Å². The molecule has 0 saturated carbocycles. The minimum Gasteiger partial charge on any atom is -0.497 e. The molecule has 0 unspecified atom stereocenters. The zero-order valence-corrected chi connectivity index (χ0v) is 21.2. The zero-order chi connectivity index (χ0) is 25.8. The highest BCUT2D eigenvalue weighted by Gasteiger charge is 2.28. The molecule has 0 saturated heterocycles. The van der Waals surface area contributed by atoms with E-state index in [9.17, 15) is 13.7 Å². The average molecular weight is 515 g/mol. The summed E-state index contributed by atoms with van der Waals surface area (Å²) in [6, 6.07) is 24.1. The molecule has 1 aromatic heterocycles. The molecule has 0 spiro atoms. The molecule has 2 heterocycles. The first kappa shape index (κ1) is 24.6. The number of nitrogens with one attached hydrogen (secondary N) is 1. The lowest BCUT2D eigenvalue weighted by atomic mass is 10.0. The van der Waals surface area contributed by atoms with Crippen molar-refractivity contribution in [2.45, 2.75) is 24.3 Å². The summed E-state index contributed by atoms with van der Waals surface area (Å²) in [4.78, 5) is 4.50. The Morgan fingerprint density at radius 2 is 1.78 bits per heavy atom. The number of oxazole rings is 1. The van der Waals surface area contributed by atoms with Gasteiger partial charge in [0.15, 0.2) is 0 Å². The first-order valence-electron chi connectivity index (χ1n) is 11.9. The second-order valence-electron chi connectivity index (χ2n) is 8.72. The number of anilines is 1. The van der Waals surface area contributed by atoms with Crippen LogP contribution >= 0.6 is 0 Å². The number of benzene rings is 3. The summed E-state index contributed by atoms with van der Waals surface area (Å²) < 4.78 is 39.0. The van der Waals surface area contributed by atoms with Crippen LogP contribution in [0.1, 0.15) is 22.4 Å². The second-order valence-corrected chi connectivity index (χ2v) is 10.7. The van der Waals surface area contributed by atoms with Crippen molar-refractivity contribution >= 4 is 15.9 Å². The maximum absolute atomic E-state index is 13.2. The van der Waals surface area contributed by atoms with Gasteiger partial charge >= 0.3 is 0 Å². The van der Waals surface area contributed by atoms with Gasteiger partial charge in [0.05, 0.1) is 12.0 Å². The van der Waals surface area contributed by atoms with Gasteiger partial charge in [0, 0.05) is 25.2 Å². The SMILES string of the molecule is COc1ccc(CCNc2oc(-c3ccc(S(=O)(=O)N4CCc5ccccc5C4)cc3)nc2C#N)cc1. The zero-order valence-electron chi connectivity index (χ0n) is 20.3. The topological polar surface area (TPSA) is 108 Å². The first-order valence-corrected chi connectivity index (χ1v) is 13.4. The van der Waals surface area contributed by atoms with E-state index in [0.29, 0.717) is 31.6 Å². The maximum atomic E-state index is 13.2. The molecule has 9 heteroatoms. The van der Waals surface area contributed by atoms with Crippen LogP contribution in [-0.2, 0) is 29.4 Å². The van der Waals surface area contributed by atoms with Crippen molar-refractivity contribution in [3.8, 4) is 23.3 Å². The number of aromatic nitrogens is 1. The number of hydrogen-bond acceptors (Lipinski definition) is 7.